The molecule has 3 rings (SSSR count). The summed E-state index contributed by atoms with van der Waals surface area (Å²) in [6, 6.07) is 15.3. The average molecular weight is 247 g/mol. The Hall–Kier alpha value is -1.67. The molecule has 2 aromatic carbocycles. The van der Waals surface area contributed by atoms with Crippen LogP contribution < -0.4 is 9.47 Å². The molecule has 0 spiro atoms. The van der Waals surface area contributed by atoms with Crippen molar-refractivity contribution in [3.8, 4) is 11.5 Å². The Balaban J connectivity index is 1.86. The highest BCUT2D eigenvalue weighted by Gasteiger charge is 2.21. The van der Waals surface area contributed by atoms with Crippen molar-refractivity contribution in [3.05, 3.63) is 59.1 Å². The Morgan fingerprint density at radius 1 is 0.941 bits per heavy atom. The van der Waals surface area contributed by atoms with Gasteiger partial charge < -0.3 is 9.47 Å². The maximum absolute atomic E-state index is 5.89. The molecule has 1 unspecified atom stereocenters. The first kappa shape index (κ1) is 10.5. The van der Waals surface area contributed by atoms with E-state index in [0.717, 1.165) is 22.1 Å². The summed E-state index contributed by atoms with van der Waals surface area (Å²) in [5.41, 5.74) is 1.07. The highest BCUT2D eigenvalue weighted by Crippen LogP contribution is 2.35. The molecule has 2 nitrogen and oxygen atoms in total. The zero-order chi connectivity index (χ0) is 11.7. The minimum atomic E-state index is -0.0674. The Bertz CT molecular complexity index is 522. The van der Waals surface area contributed by atoms with E-state index in [1.54, 1.807) is 0 Å². The second-order valence-electron chi connectivity index (χ2n) is 3.92. The Labute approximate surface area is 105 Å². The third-order valence-corrected chi connectivity index (χ3v) is 3.00. The molecular weight excluding hydrogens is 236 g/mol. The number of para-hydroxylation sites is 2. The summed E-state index contributed by atoms with van der Waals surface area (Å²) >= 11 is 5.86. The van der Waals surface area contributed by atoms with Gasteiger partial charge in [0.1, 0.15) is 6.61 Å². The van der Waals surface area contributed by atoms with Crippen molar-refractivity contribution in [1.82, 2.24) is 0 Å². The van der Waals surface area contributed by atoms with Crippen LogP contribution in [0.3, 0.4) is 0 Å². The zero-order valence-electron chi connectivity index (χ0n) is 9.10. The fourth-order valence-corrected chi connectivity index (χ4v) is 1.99. The number of hydrogen-bond donors (Lipinski definition) is 0. The van der Waals surface area contributed by atoms with E-state index in [2.05, 4.69) is 0 Å². The number of ether oxygens (including phenoxy) is 2. The summed E-state index contributed by atoms with van der Waals surface area (Å²) in [5.74, 6) is 1.59. The second kappa shape index (κ2) is 4.30. The molecule has 1 aliphatic heterocycles. The van der Waals surface area contributed by atoms with E-state index in [4.69, 9.17) is 21.1 Å². The van der Waals surface area contributed by atoms with Crippen molar-refractivity contribution in [1.29, 1.82) is 0 Å². The fourth-order valence-electron chi connectivity index (χ4n) is 1.86. The Morgan fingerprint density at radius 2 is 1.65 bits per heavy atom. The molecule has 0 saturated heterocycles. The minimum absolute atomic E-state index is 0.0674. The van der Waals surface area contributed by atoms with Crippen LogP contribution in [-0.4, -0.2) is 6.61 Å². The van der Waals surface area contributed by atoms with Gasteiger partial charge in [-0.25, -0.2) is 0 Å². The maximum atomic E-state index is 5.89. The first-order valence-electron chi connectivity index (χ1n) is 5.47. The van der Waals surface area contributed by atoms with Gasteiger partial charge in [-0.1, -0.05) is 35.9 Å². The molecule has 86 valence electrons. The van der Waals surface area contributed by atoms with Gasteiger partial charge >= 0.3 is 0 Å². The molecule has 0 amide bonds. The van der Waals surface area contributed by atoms with Crippen LogP contribution in [0.5, 0.6) is 11.5 Å². The van der Waals surface area contributed by atoms with Crippen molar-refractivity contribution < 1.29 is 9.47 Å². The topological polar surface area (TPSA) is 18.5 Å². The highest BCUT2D eigenvalue weighted by atomic mass is 35.5. The smallest absolute Gasteiger partial charge is 0.162 e. The Kier molecular flexibility index (Phi) is 2.65. The van der Waals surface area contributed by atoms with E-state index < -0.39 is 0 Å². The van der Waals surface area contributed by atoms with E-state index in [9.17, 15) is 0 Å². The molecule has 3 heteroatoms. The van der Waals surface area contributed by atoms with Crippen LogP contribution in [0, 0.1) is 0 Å². The van der Waals surface area contributed by atoms with Gasteiger partial charge in [-0.3, -0.25) is 0 Å². The minimum Gasteiger partial charge on any atom is -0.485 e. The lowest BCUT2D eigenvalue weighted by atomic mass is 10.1. The van der Waals surface area contributed by atoms with Crippen LogP contribution in [-0.2, 0) is 0 Å². The largest absolute Gasteiger partial charge is 0.485 e. The first-order valence-corrected chi connectivity index (χ1v) is 5.85. The number of fused-ring (bicyclic) bond motifs is 1. The molecule has 0 saturated carbocycles. The lowest BCUT2D eigenvalue weighted by Gasteiger charge is -2.26. The summed E-state index contributed by atoms with van der Waals surface area (Å²) in [4.78, 5) is 0. The first-order chi connectivity index (χ1) is 8.33. The second-order valence-corrected chi connectivity index (χ2v) is 4.35. The van der Waals surface area contributed by atoms with Crippen LogP contribution in [0.4, 0.5) is 0 Å². The molecule has 0 bridgehead atoms. The van der Waals surface area contributed by atoms with E-state index >= 15 is 0 Å². The quantitative estimate of drug-likeness (QED) is 0.761. The van der Waals surface area contributed by atoms with Crippen molar-refractivity contribution in [2.75, 3.05) is 6.61 Å². The van der Waals surface area contributed by atoms with Crippen LogP contribution in [0.2, 0.25) is 5.02 Å². The maximum Gasteiger partial charge on any atom is 0.162 e. The molecule has 1 atom stereocenters. The summed E-state index contributed by atoms with van der Waals surface area (Å²) in [6.07, 6.45) is -0.0674. The van der Waals surface area contributed by atoms with Gasteiger partial charge in [-0.2, -0.15) is 0 Å². The van der Waals surface area contributed by atoms with E-state index in [1.807, 2.05) is 48.5 Å². The molecule has 17 heavy (non-hydrogen) atoms. The number of rotatable bonds is 1. The summed E-state index contributed by atoms with van der Waals surface area (Å²) in [7, 11) is 0. The molecule has 2 aromatic rings. The van der Waals surface area contributed by atoms with Crippen molar-refractivity contribution in [3.63, 3.8) is 0 Å². The van der Waals surface area contributed by atoms with Gasteiger partial charge in [-0.15, -0.1) is 0 Å². The monoisotopic (exact) mass is 246 g/mol. The number of hydrogen-bond acceptors (Lipinski definition) is 2. The van der Waals surface area contributed by atoms with Gasteiger partial charge in [0.15, 0.2) is 17.6 Å². The molecule has 0 radical (unpaired) electrons. The summed E-state index contributed by atoms with van der Waals surface area (Å²) in [5, 5.41) is 0.728. The molecule has 0 aromatic heterocycles. The summed E-state index contributed by atoms with van der Waals surface area (Å²) < 4.78 is 11.6. The molecule has 0 aliphatic carbocycles. The van der Waals surface area contributed by atoms with Crippen molar-refractivity contribution >= 4 is 11.6 Å². The molecule has 1 heterocycles. The third-order valence-electron chi connectivity index (χ3n) is 2.75. The van der Waals surface area contributed by atoms with Gasteiger partial charge in [-0.05, 0) is 29.8 Å². The van der Waals surface area contributed by atoms with Gasteiger partial charge in [0.2, 0.25) is 0 Å². The Morgan fingerprint density at radius 3 is 2.41 bits per heavy atom. The predicted molar refractivity (Wildman–Crippen MR) is 66.8 cm³/mol. The van der Waals surface area contributed by atoms with Gasteiger partial charge in [0, 0.05) is 5.02 Å². The van der Waals surface area contributed by atoms with Crippen molar-refractivity contribution in [2.24, 2.45) is 0 Å². The third kappa shape index (κ3) is 2.08. The SMILES string of the molecule is Clc1ccc(C2COc3ccccc3O2)cc1. The van der Waals surface area contributed by atoms with Crippen LogP contribution >= 0.6 is 11.6 Å². The zero-order valence-corrected chi connectivity index (χ0v) is 9.85. The number of halogens is 1. The standard InChI is InChI=1S/C14H11ClO2/c15-11-7-5-10(6-8-11)14-9-16-12-3-1-2-4-13(12)17-14/h1-8,14H,9H2. The number of benzene rings is 2. The lowest BCUT2D eigenvalue weighted by molar-refractivity contribution is 0.0913. The fraction of sp³-hybridized carbons (Fsp3) is 0.143. The molecular formula is C14H11ClO2. The summed E-state index contributed by atoms with van der Waals surface area (Å²) in [6.45, 7) is 0.526. The predicted octanol–water partition coefficient (Wildman–Crippen LogP) is 3.85. The van der Waals surface area contributed by atoms with Crippen LogP contribution in [0.25, 0.3) is 0 Å². The van der Waals surface area contributed by atoms with E-state index in [0.29, 0.717) is 6.61 Å². The average Bonchev–Trinajstić information content (AvgIpc) is 2.39. The molecule has 0 N–H and O–H groups in total. The van der Waals surface area contributed by atoms with Crippen molar-refractivity contribution in [2.45, 2.75) is 6.10 Å². The molecule has 0 fully saturated rings. The van der Waals surface area contributed by atoms with Crippen LogP contribution in [0.1, 0.15) is 11.7 Å². The van der Waals surface area contributed by atoms with E-state index in [-0.39, 0.29) is 6.10 Å². The van der Waals surface area contributed by atoms with Gasteiger partial charge in [0.05, 0.1) is 0 Å². The lowest BCUT2D eigenvalue weighted by Crippen LogP contribution is -2.21. The highest BCUT2D eigenvalue weighted by molar-refractivity contribution is 6.30. The molecule has 1 aliphatic rings. The van der Waals surface area contributed by atoms with Gasteiger partial charge in [0.25, 0.3) is 0 Å². The van der Waals surface area contributed by atoms with Crippen LogP contribution in [0.15, 0.2) is 48.5 Å². The van der Waals surface area contributed by atoms with E-state index in [1.165, 1.54) is 0 Å². The normalized spacial score (nSPS) is 17.8.